The van der Waals surface area contributed by atoms with Gasteiger partial charge >= 0.3 is 7.32 Å². The van der Waals surface area contributed by atoms with Crippen LogP contribution < -0.4 is 18.9 Å². The van der Waals surface area contributed by atoms with E-state index in [0.717, 1.165) is 44.2 Å². The van der Waals surface area contributed by atoms with Gasteiger partial charge in [-0.15, -0.1) is 12.1 Å². The highest BCUT2D eigenvalue weighted by Crippen LogP contribution is 2.31. The van der Waals surface area contributed by atoms with Gasteiger partial charge in [0.05, 0.1) is 19.4 Å². The van der Waals surface area contributed by atoms with Crippen molar-refractivity contribution in [3.63, 3.8) is 0 Å². The predicted molar refractivity (Wildman–Crippen MR) is 180 cm³/mol. The summed E-state index contributed by atoms with van der Waals surface area (Å²) in [5, 5.41) is 0. The Balaban J connectivity index is 0.000000788. The fraction of sp³-hybridized carbons (Fsp3) is 0.368. The largest absolute Gasteiger partial charge is 0.864 e. The zero-order valence-corrected chi connectivity index (χ0v) is 29.9. The molecule has 0 saturated carbocycles. The topological polar surface area (TPSA) is 32.1 Å². The molecule has 0 aliphatic rings. The van der Waals surface area contributed by atoms with Gasteiger partial charge in [0.2, 0.25) is 17.3 Å². The van der Waals surface area contributed by atoms with E-state index < -0.39 is 100 Å². The molecule has 0 aliphatic carbocycles. The molecule has 1 N–H and O–H groups in total. The van der Waals surface area contributed by atoms with E-state index in [-0.39, 0.29) is 11.4 Å². The summed E-state index contributed by atoms with van der Waals surface area (Å²) in [6.07, 6.45) is 11.6. The average Bonchev–Trinajstić information content (AvgIpc) is 3.13. The van der Waals surface area contributed by atoms with Gasteiger partial charge in [-0.2, -0.15) is 10.5 Å². The molecular weight excluding hydrogens is 757 g/mol. The average molecular weight is 796 g/mol. The van der Waals surface area contributed by atoms with Gasteiger partial charge in [0.15, 0.2) is 46.5 Å². The Labute approximate surface area is 311 Å². The van der Waals surface area contributed by atoms with E-state index in [1.165, 1.54) is 39.2 Å². The fourth-order valence-electron chi connectivity index (χ4n) is 5.27. The van der Waals surface area contributed by atoms with Crippen LogP contribution in [0, 0.1) is 75.9 Å². The molecule has 1 unspecified atom stereocenters. The maximum absolute atomic E-state index is 15.1. The Morgan fingerprint density at radius 3 is 1.27 bits per heavy atom. The van der Waals surface area contributed by atoms with Crippen LogP contribution in [-0.2, 0) is 0 Å². The summed E-state index contributed by atoms with van der Waals surface area (Å²) in [6, 6.07) is 5.52. The van der Waals surface area contributed by atoms with Crippen molar-refractivity contribution in [1.29, 1.82) is 0 Å². The number of benzene rings is 4. The summed E-state index contributed by atoms with van der Waals surface area (Å²) >= 11 is 0. The quantitative estimate of drug-likeness (QED) is 0.0337. The Morgan fingerprint density at radius 1 is 0.473 bits per heavy atom. The second-order valence-corrected chi connectivity index (χ2v) is 12.4. The molecule has 4 rings (SSSR count). The Hall–Kier alpha value is -4.54. The van der Waals surface area contributed by atoms with Gasteiger partial charge in [0, 0.05) is 42.0 Å². The van der Waals surface area contributed by atoms with Crippen LogP contribution in [0.4, 0.5) is 58.4 Å². The van der Waals surface area contributed by atoms with Crippen molar-refractivity contribution >= 4 is 13.0 Å². The standard InChI is InChI=1S/C32H35BF9NO3.C6H2F3/c1-3-4-5-6-7-8-9-10-11-12-13-14-43(2)32-27(19-26(38)30(41)31(32)42)46-33(44-20-15-22(34)28(39)23(35)16-20)45-21-17-24(36)29(40)25(37)18-21;7-4-2-1-3-5(8)6(4)9/h15-19H,3-14H2,1-2H3;2-3H/q;-1/p+1. The zero-order valence-electron chi connectivity index (χ0n) is 29.9. The predicted octanol–water partition coefficient (Wildman–Crippen LogP) is 10.8. The third kappa shape index (κ3) is 13.6. The van der Waals surface area contributed by atoms with E-state index in [2.05, 4.69) is 13.0 Å². The molecule has 0 bridgehead atoms. The molecule has 0 saturated heterocycles. The number of hydrogen-bond donors (Lipinski definition) is 1. The molecule has 4 aromatic rings. The second-order valence-electron chi connectivity index (χ2n) is 12.4. The summed E-state index contributed by atoms with van der Waals surface area (Å²) in [6.45, 7) is 2.42. The Kier molecular flexibility index (Phi) is 18.0. The zero-order chi connectivity index (χ0) is 40.7. The molecule has 0 aromatic heterocycles. The normalized spacial score (nSPS) is 11.5. The number of hydrogen-bond acceptors (Lipinski definition) is 3. The van der Waals surface area contributed by atoms with Gasteiger partial charge in [-0.25, -0.2) is 39.5 Å². The molecule has 0 radical (unpaired) electrons. The van der Waals surface area contributed by atoms with Crippen molar-refractivity contribution < 1.29 is 71.5 Å². The summed E-state index contributed by atoms with van der Waals surface area (Å²) in [5.41, 5.74) is -0.504. The first kappa shape index (κ1) is 44.9. The number of unbranched alkanes of at least 4 members (excludes halogenated alkanes) is 10. The Bertz CT molecular complexity index is 1730. The molecule has 4 aromatic carbocycles. The number of quaternary nitrogens is 1. The van der Waals surface area contributed by atoms with Crippen molar-refractivity contribution in [2.75, 3.05) is 13.6 Å². The van der Waals surface area contributed by atoms with Crippen molar-refractivity contribution in [2.45, 2.75) is 77.6 Å². The molecule has 4 nitrogen and oxygen atoms in total. The van der Waals surface area contributed by atoms with Crippen LogP contribution in [0.5, 0.6) is 17.2 Å². The SMILES string of the molecule is CCCCCCCCCCCCC[NH+](C)c1c(OB(Oc2cc(F)c(F)c(F)c2)Oc2cc(F)c(F)c(F)c2)cc(F)c(F)c1F.Fc1c[c-]cc(F)c1F. The first-order valence-corrected chi connectivity index (χ1v) is 17.4. The fourth-order valence-corrected chi connectivity index (χ4v) is 5.27. The lowest BCUT2D eigenvalue weighted by molar-refractivity contribution is -0.811. The van der Waals surface area contributed by atoms with Crippen LogP contribution in [0.2, 0.25) is 0 Å². The smallest absolute Gasteiger partial charge is 0.489 e. The minimum atomic E-state index is -2.31. The third-order valence-corrected chi connectivity index (χ3v) is 8.15. The molecule has 55 heavy (non-hydrogen) atoms. The van der Waals surface area contributed by atoms with Crippen LogP contribution in [0.25, 0.3) is 0 Å². The van der Waals surface area contributed by atoms with E-state index in [9.17, 15) is 48.3 Å². The third-order valence-electron chi connectivity index (χ3n) is 8.15. The molecule has 0 amide bonds. The van der Waals surface area contributed by atoms with Gasteiger partial charge < -0.3 is 14.0 Å². The van der Waals surface area contributed by atoms with Crippen molar-refractivity contribution in [1.82, 2.24) is 0 Å². The molecular formula is C38H38BF12NO3. The van der Waals surface area contributed by atoms with Gasteiger partial charge in [0.25, 0.3) is 0 Å². The summed E-state index contributed by atoms with van der Waals surface area (Å²) < 4.78 is 178. The van der Waals surface area contributed by atoms with Gasteiger partial charge in [0.1, 0.15) is 11.5 Å². The minimum absolute atomic E-state index is 0.249. The van der Waals surface area contributed by atoms with Gasteiger partial charge in [-0.05, 0) is 12.8 Å². The first-order valence-electron chi connectivity index (χ1n) is 17.4. The van der Waals surface area contributed by atoms with E-state index in [1.807, 2.05) is 0 Å². The van der Waals surface area contributed by atoms with Gasteiger partial charge in [-0.3, -0.25) is 13.7 Å². The van der Waals surface area contributed by atoms with Crippen LogP contribution in [0.15, 0.2) is 42.5 Å². The lowest BCUT2D eigenvalue weighted by atomic mass is 10.1. The maximum atomic E-state index is 15.1. The number of halogens is 12. The molecule has 0 heterocycles. The lowest BCUT2D eigenvalue weighted by Gasteiger charge is -2.21. The van der Waals surface area contributed by atoms with Crippen molar-refractivity contribution in [2.24, 2.45) is 0 Å². The highest BCUT2D eigenvalue weighted by Gasteiger charge is 2.36. The first-order chi connectivity index (χ1) is 26.1. The van der Waals surface area contributed by atoms with E-state index in [1.54, 1.807) is 0 Å². The highest BCUT2D eigenvalue weighted by molar-refractivity contribution is 6.39. The molecule has 300 valence electrons. The van der Waals surface area contributed by atoms with Gasteiger partial charge in [-0.1, -0.05) is 64.7 Å². The Morgan fingerprint density at radius 2 is 0.855 bits per heavy atom. The minimum Gasteiger partial charge on any atom is -0.489 e. The molecule has 0 fully saturated rings. The van der Waals surface area contributed by atoms with Crippen molar-refractivity contribution in [3.05, 3.63) is 118 Å². The van der Waals surface area contributed by atoms with Crippen LogP contribution in [-0.4, -0.2) is 20.9 Å². The second kappa shape index (κ2) is 22.1. The molecule has 1 atom stereocenters. The molecule has 0 spiro atoms. The monoisotopic (exact) mass is 795 g/mol. The summed E-state index contributed by atoms with van der Waals surface area (Å²) in [7, 11) is -0.850. The van der Waals surface area contributed by atoms with Crippen molar-refractivity contribution in [3.8, 4) is 17.2 Å². The van der Waals surface area contributed by atoms with E-state index in [4.69, 9.17) is 14.0 Å². The van der Waals surface area contributed by atoms with E-state index in [0.29, 0.717) is 36.8 Å². The highest BCUT2D eigenvalue weighted by atomic mass is 19.2. The molecule has 17 heteroatoms. The molecule has 0 aliphatic heterocycles. The summed E-state index contributed by atoms with van der Waals surface area (Å²) in [4.78, 5) is 0.249. The van der Waals surface area contributed by atoms with Crippen LogP contribution in [0.1, 0.15) is 77.6 Å². The number of nitrogens with one attached hydrogen (secondary N) is 1. The number of rotatable bonds is 19. The maximum Gasteiger partial charge on any atom is 0.864 e. The van der Waals surface area contributed by atoms with Crippen LogP contribution in [0.3, 0.4) is 0 Å². The lowest BCUT2D eigenvalue weighted by Crippen LogP contribution is -3.04. The van der Waals surface area contributed by atoms with Crippen LogP contribution >= 0.6 is 0 Å². The van der Waals surface area contributed by atoms with E-state index >= 15 is 4.39 Å². The summed E-state index contributed by atoms with van der Waals surface area (Å²) in [5.74, 6) is -21.6.